The summed E-state index contributed by atoms with van der Waals surface area (Å²) in [6.07, 6.45) is 9.22. The summed E-state index contributed by atoms with van der Waals surface area (Å²) in [5, 5.41) is 3.44. The molecule has 28 heavy (non-hydrogen) atoms. The van der Waals surface area contributed by atoms with E-state index in [1.54, 1.807) is 6.20 Å². The molecule has 4 fully saturated rings. The summed E-state index contributed by atoms with van der Waals surface area (Å²) < 4.78 is 2.06. The molecule has 0 radical (unpaired) electrons. The van der Waals surface area contributed by atoms with Gasteiger partial charge in [-0.15, -0.1) is 0 Å². The molecule has 4 saturated carbocycles. The number of hydrogen-bond donors (Lipinski definition) is 1. The van der Waals surface area contributed by atoms with E-state index in [0.29, 0.717) is 17.8 Å². The van der Waals surface area contributed by atoms with Gasteiger partial charge in [0.1, 0.15) is 11.3 Å². The zero-order valence-electron chi connectivity index (χ0n) is 17.3. The molecule has 0 unspecified atom stereocenters. The van der Waals surface area contributed by atoms with Gasteiger partial charge in [0.15, 0.2) is 5.65 Å². The highest BCUT2D eigenvalue weighted by molar-refractivity contribution is 5.80. The van der Waals surface area contributed by atoms with Crippen molar-refractivity contribution in [2.24, 2.45) is 42.6 Å². The van der Waals surface area contributed by atoms with Crippen molar-refractivity contribution >= 4 is 17.1 Å². The zero-order chi connectivity index (χ0) is 19.4. The van der Waals surface area contributed by atoms with Crippen LogP contribution in [-0.4, -0.2) is 20.4 Å². The van der Waals surface area contributed by atoms with Gasteiger partial charge in [-0.05, 0) is 80.2 Å². The first kappa shape index (κ1) is 18.1. The molecule has 5 nitrogen and oxygen atoms in total. The first-order valence-corrected chi connectivity index (χ1v) is 11.1. The fourth-order valence-corrected chi connectivity index (χ4v) is 6.67. The number of nitrogens with one attached hydrogen (secondary N) is 1. The molecule has 0 aliphatic heterocycles. The number of nitrogens with zero attached hydrogens (tertiary/aromatic N) is 3. The molecule has 1 N–H and O–H groups in total. The van der Waals surface area contributed by atoms with E-state index in [1.165, 1.54) is 32.1 Å². The largest absolute Gasteiger partial charge is 0.346 e. The van der Waals surface area contributed by atoms with Crippen molar-refractivity contribution in [2.45, 2.75) is 58.4 Å². The van der Waals surface area contributed by atoms with Crippen LogP contribution < -0.4 is 5.32 Å². The number of aromatic nitrogens is 3. The first-order chi connectivity index (χ1) is 13.5. The molecular formula is C23H32N4O. The van der Waals surface area contributed by atoms with E-state index in [-0.39, 0.29) is 17.9 Å². The minimum atomic E-state index is -0.0520. The molecule has 5 heteroatoms. The Morgan fingerprint density at radius 2 is 1.86 bits per heavy atom. The summed E-state index contributed by atoms with van der Waals surface area (Å²) >= 11 is 0. The van der Waals surface area contributed by atoms with Gasteiger partial charge < -0.3 is 9.88 Å². The van der Waals surface area contributed by atoms with Gasteiger partial charge in [0.2, 0.25) is 5.91 Å². The number of pyridine rings is 1. The number of rotatable bonds is 5. The lowest BCUT2D eigenvalue weighted by molar-refractivity contribution is -0.139. The smallest absolute Gasteiger partial charge is 0.224 e. The Bertz CT molecular complexity index is 858. The molecule has 4 aliphatic rings. The third-order valence-corrected chi connectivity index (χ3v) is 7.53. The number of hydrogen-bond acceptors (Lipinski definition) is 3. The van der Waals surface area contributed by atoms with Gasteiger partial charge in [-0.2, -0.15) is 0 Å². The molecule has 0 saturated heterocycles. The van der Waals surface area contributed by atoms with Crippen LogP contribution in [0.3, 0.4) is 0 Å². The van der Waals surface area contributed by atoms with Crippen LogP contribution in [0.1, 0.15) is 64.2 Å². The van der Waals surface area contributed by atoms with Crippen LogP contribution in [-0.2, 0) is 11.8 Å². The zero-order valence-corrected chi connectivity index (χ0v) is 17.3. The minimum absolute atomic E-state index is 0.0520. The molecule has 2 heterocycles. The van der Waals surface area contributed by atoms with Crippen LogP contribution in [0.25, 0.3) is 11.2 Å². The quantitative estimate of drug-likeness (QED) is 0.844. The van der Waals surface area contributed by atoms with Gasteiger partial charge in [-0.25, -0.2) is 9.97 Å². The van der Waals surface area contributed by atoms with E-state index < -0.39 is 0 Å². The highest BCUT2D eigenvalue weighted by atomic mass is 16.2. The molecule has 4 bridgehead atoms. The summed E-state index contributed by atoms with van der Waals surface area (Å²) in [6.45, 7) is 4.42. The predicted octanol–water partition coefficient (Wildman–Crippen LogP) is 4.24. The van der Waals surface area contributed by atoms with Crippen LogP contribution in [0.15, 0.2) is 18.3 Å². The van der Waals surface area contributed by atoms with E-state index in [0.717, 1.165) is 35.2 Å². The second-order valence-electron chi connectivity index (χ2n) is 10.0. The van der Waals surface area contributed by atoms with E-state index >= 15 is 0 Å². The fraction of sp³-hybridized carbons (Fsp3) is 0.696. The van der Waals surface area contributed by atoms with E-state index in [4.69, 9.17) is 4.98 Å². The predicted molar refractivity (Wildman–Crippen MR) is 109 cm³/mol. The molecule has 150 valence electrons. The Balaban J connectivity index is 1.41. The van der Waals surface area contributed by atoms with Crippen LogP contribution in [0.2, 0.25) is 0 Å². The maximum atomic E-state index is 13.5. The average Bonchev–Trinajstić information content (AvgIpc) is 2.97. The third kappa shape index (κ3) is 3.03. The van der Waals surface area contributed by atoms with Crippen LogP contribution in [0, 0.1) is 35.5 Å². The second-order valence-corrected chi connectivity index (χ2v) is 10.0. The maximum Gasteiger partial charge on any atom is 0.224 e. The molecule has 4 aliphatic carbocycles. The van der Waals surface area contributed by atoms with E-state index in [2.05, 4.69) is 28.7 Å². The summed E-state index contributed by atoms with van der Waals surface area (Å²) in [7, 11) is 2.01. The fourth-order valence-electron chi connectivity index (χ4n) is 6.67. The minimum Gasteiger partial charge on any atom is -0.346 e. The van der Waals surface area contributed by atoms with Gasteiger partial charge in [0, 0.05) is 19.2 Å². The molecule has 6 rings (SSSR count). The number of carbonyl (C=O) groups excluding carboxylic acids is 1. The summed E-state index contributed by atoms with van der Waals surface area (Å²) in [6, 6.07) is 3.87. The Morgan fingerprint density at radius 3 is 2.46 bits per heavy atom. The van der Waals surface area contributed by atoms with E-state index in [9.17, 15) is 4.79 Å². The normalized spacial score (nSPS) is 32.2. The van der Waals surface area contributed by atoms with Crippen molar-refractivity contribution in [3.05, 3.63) is 24.2 Å². The van der Waals surface area contributed by atoms with Crippen molar-refractivity contribution in [1.29, 1.82) is 0 Å². The Hall–Kier alpha value is -1.91. The van der Waals surface area contributed by atoms with Crippen LogP contribution in [0.5, 0.6) is 0 Å². The van der Waals surface area contributed by atoms with Crippen LogP contribution >= 0.6 is 0 Å². The molecular weight excluding hydrogens is 348 g/mol. The number of imidazole rings is 1. The van der Waals surface area contributed by atoms with Crippen molar-refractivity contribution in [3.8, 4) is 0 Å². The lowest BCUT2D eigenvalue weighted by atomic mass is 9.51. The first-order valence-electron chi connectivity index (χ1n) is 11.1. The molecule has 2 aromatic rings. The number of aryl methyl sites for hydroxylation is 1. The molecule has 0 aromatic carbocycles. The number of fused-ring (bicyclic) bond motifs is 1. The summed E-state index contributed by atoms with van der Waals surface area (Å²) in [5.41, 5.74) is 1.78. The van der Waals surface area contributed by atoms with Gasteiger partial charge in [0.05, 0.1) is 6.04 Å². The highest BCUT2D eigenvalue weighted by Gasteiger charge is 2.51. The molecule has 0 spiro atoms. The lowest BCUT2D eigenvalue weighted by Gasteiger charge is -2.53. The monoisotopic (exact) mass is 380 g/mol. The standard InChI is InChI=1S/C23H32N4O/c1-13(2)7-19(22-25-18-5-4-6-24-21(18)27(22)3)26-23(28)20-16-9-14-8-15(11-16)12-17(20)10-14/h4-6,13-17,19-20H,7-12H2,1-3H3,(H,26,28)/t14?,15?,16?,17?,19-,20?/m1/s1. The lowest BCUT2D eigenvalue weighted by Crippen LogP contribution is -2.51. The maximum absolute atomic E-state index is 13.5. The molecule has 2 aromatic heterocycles. The van der Waals surface area contributed by atoms with Crippen molar-refractivity contribution < 1.29 is 4.79 Å². The van der Waals surface area contributed by atoms with Crippen LogP contribution in [0.4, 0.5) is 0 Å². The topological polar surface area (TPSA) is 59.8 Å². The van der Waals surface area contributed by atoms with Gasteiger partial charge in [-0.3, -0.25) is 4.79 Å². The Morgan fingerprint density at radius 1 is 1.18 bits per heavy atom. The second kappa shape index (κ2) is 6.85. The Labute approximate surface area is 167 Å². The van der Waals surface area contributed by atoms with Gasteiger partial charge in [-0.1, -0.05) is 13.8 Å². The third-order valence-electron chi connectivity index (χ3n) is 7.53. The van der Waals surface area contributed by atoms with Gasteiger partial charge >= 0.3 is 0 Å². The highest BCUT2D eigenvalue weighted by Crippen LogP contribution is 2.56. The number of carbonyl (C=O) groups is 1. The van der Waals surface area contributed by atoms with Crippen molar-refractivity contribution in [2.75, 3.05) is 0 Å². The van der Waals surface area contributed by atoms with Crippen molar-refractivity contribution in [1.82, 2.24) is 19.9 Å². The molecule has 1 atom stereocenters. The summed E-state index contributed by atoms with van der Waals surface area (Å²) in [4.78, 5) is 22.8. The number of amides is 1. The van der Waals surface area contributed by atoms with E-state index in [1.807, 2.05) is 19.2 Å². The van der Waals surface area contributed by atoms with Gasteiger partial charge in [0.25, 0.3) is 0 Å². The van der Waals surface area contributed by atoms with Crippen molar-refractivity contribution in [3.63, 3.8) is 0 Å². The molecule has 1 amide bonds. The Kier molecular flexibility index (Phi) is 4.44. The summed E-state index contributed by atoms with van der Waals surface area (Å²) in [5.74, 6) is 4.91. The SMILES string of the molecule is CC(C)C[C@@H](NC(=O)C1C2CC3CC(C2)CC1C3)c1nc2cccnc2n1C. The average molecular weight is 381 g/mol.